The molecule has 0 atom stereocenters. The molecule has 2 N–H and O–H groups in total. The van der Waals surface area contributed by atoms with Gasteiger partial charge in [0, 0.05) is 37.0 Å². The molecule has 0 aliphatic carbocycles. The second kappa shape index (κ2) is 5.63. The van der Waals surface area contributed by atoms with Crippen molar-refractivity contribution in [1.29, 1.82) is 0 Å². The van der Waals surface area contributed by atoms with Crippen LogP contribution >= 0.6 is 0 Å². The van der Waals surface area contributed by atoms with E-state index in [1.54, 1.807) is 11.0 Å². The number of hydrogen-bond acceptors (Lipinski definition) is 4. The average molecular weight is 326 g/mol. The molecule has 0 bridgehead atoms. The summed E-state index contributed by atoms with van der Waals surface area (Å²) in [6.45, 7) is 1.69. The Kier molecular flexibility index (Phi) is 3.44. The lowest BCUT2D eigenvalue weighted by Crippen LogP contribution is -2.34. The number of urea groups is 1. The van der Waals surface area contributed by atoms with Crippen LogP contribution in [0.15, 0.2) is 18.5 Å². The number of carbonyl (C=O) groups excluding carboxylic acids is 2. The summed E-state index contributed by atoms with van der Waals surface area (Å²) in [6.07, 6.45) is 5.18. The minimum atomic E-state index is -0.167. The zero-order valence-electron chi connectivity index (χ0n) is 13.4. The summed E-state index contributed by atoms with van der Waals surface area (Å²) in [7, 11) is 1.93. The first kappa shape index (κ1) is 14.7. The molecular formula is C16H18N6O2. The predicted octanol–water partition coefficient (Wildman–Crippen LogP) is 1.04. The molecule has 2 aliphatic rings. The van der Waals surface area contributed by atoms with Gasteiger partial charge >= 0.3 is 6.03 Å². The Morgan fingerprint density at radius 1 is 1.33 bits per heavy atom. The third-order valence-electron chi connectivity index (χ3n) is 4.51. The number of pyridine rings is 1. The maximum Gasteiger partial charge on any atom is 0.322 e. The van der Waals surface area contributed by atoms with Crippen molar-refractivity contribution in [3.8, 4) is 0 Å². The van der Waals surface area contributed by atoms with Gasteiger partial charge in [0.05, 0.1) is 24.6 Å². The topological polar surface area (TPSA) is 92.2 Å². The Labute approximate surface area is 138 Å². The van der Waals surface area contributed by atoms with Crippen molar-refractivity contribution in [1.82, 2.24) is 25.0 Å². The van der Waals surface area contributed by atoms with E-state index in [9.17, 15) is 9.59 Å². The number of anilines is 1. The molecule has 0 saturated heterocycles. The van der Waals surface area contributed by atoms with Crippen LogP contribution in [0, 0.1) is 0 Å². The number of hydrogen-bond donors (Lipinski definition) is 2. The molecule has 2 aromatic rings. The van der Waals surface area contributed by atoms with Gasteiger partial charge in [0.2, 0.25) is 0 Å². The molecule has 8 nitrogen and oxygen atoms in total. The van der Waals surface area contributed by atoms with Gasteiger partial charge in [-0.25, -0.2) is 9.78 Å². The Morgan fingerprint density at radius 2 is 2.21 bits per heavy atom. The molecule has 0 fully saturated rings. The number of amides is 3. The normalized spacial score (nSPS) is 16.2. The predicted molar refractivity (Wildman–Crippen MR) is 86.4 cm³/mol. The Hall–Kier alpha value is -2.90. The molecule has 124 valence electrons. The Balaban J connectivity index is 1.49. The summed E-state index contributed by atoms with van der Waals surface area (Å²) in [5, 5.41) is 9.87. The van der Waals surface area contributed by atoms with Gasteiger partial charge in [-0.15, -0.1) is 0 Å². The minimum absolute atomic E-state index is 0.161. The van der Waals surface area contributed by atoms with Crippen LogP contribution in [-0.4, -0.2) is 38.1 Å². The Bertz CT molecular complexity index is 828. The van der Waals surface area contributed by atoms with Gasteiger partial charge in [-0.3, -0.25) is 9.48 Å². The van der Waals surface area contributed by atoms with Crippen LogP contribution in [0.2, 0.25) is 0 Å². The first-order chi connectivity index (χ1) is 11.6. The molecule has 8 heteroatoms. The summed E-state index contributed by atoms with van der Waals surface area (Å²) in [6, 6.07) is 1.64. The smallest absolute Gasteiger partial charge is 0.322 e. The van der Waals surface area contributed by atoms with Crippen molar-refractivity contribution in [3.05, 3.63) is 41.0 Å². The Morgan fingerprint density at radius 3 is 3.08 bits per heavy atom. The molecule has 0 unspecified atom stereocenters. The van der Waals surface area contributed by atoms with Crippen molar-refractivity contribution in [2.75, 3.05) is 11.9 Å². The van der Waals surface area contributed by atoms with Crippen LogP contribution in [0.4, 0.5) is 10.5 Å². The van der Waals surface area contributed by atoms with E-state index in [0.717, 1.165) is 24.0 Å². The maximum atomic E-state index is 12.6. The second-order valence-electron chi connectivity index (χ2n) is 6.11. The molecule has 4 heterocycles. The molecule has 4 rings (SSSR count). The molecule has 2 aliphatic heterocycles. The molecule has 0 aromatic carbocycles. The van der Waals surface area contributed by atoms with Gasteiger partial charge in [-0.2, -0.15) is 5.10 Å². The lowest BCUT2D eigenvalue weighted by Gasteiger charge is -2.20. The standard InChI is InChI=1S/C16H18N6O2/c1-21-13-3-2-4-22(9-11(13)7-19-21)16(24)20-12-5-10-6-18-15(23)14(10)17-8-12/h5,7-8H,2-4,6,9H2,1H3,(H,18,23)(H,20,24). The van der Waals surface area contributed by atoms with Crippen LogP contribution in [0.5, 0.6) is 0 Å². The highest BCUT2D eigenvalue weighted by molar-refractivity contribution is 5.97. The van der Waals surface area contributed by atoms with Crippen LogP contribution in [0.25, 0.3) is 0 Å². The SMILES string of the molecule is Cn1ncc2c1CCCN(C(=O)Nc1cnc3c(c1)CNC3=O)C2. The van der Waals surface area contributed by atoms with Gasteiger partial charge < -0.3 is 15.5 Å². The van der Waals surface area contributed by atoms with Crippen molar-refractivity contribution in [2.45, 2.75) is 25.9 Å². The monoisotopic (exact) mass is 326 g/mol. The van der Waals surface area contributed by atoms with E-state index in [1.165, 1.54) is 11.9 Å². The molecule has 0 spiro atoms. The first-order valence-electron chi connectivity index (χ1n) is 7.94. The van der Waals surface area contributed by atoms with E-state index < -0.39 is 0 Å². The van der Waals surface area contributed by atoms with E-state index in [4.69, 9.17) is 0 Å². The summed E-state index contributed by atoms with van der Waals surface area (Å²) in [5.41, 5.74) is 4.12. The van der Waals surface area contributed by atoms with Crippen LogP contribution in [0.3, 0.4) is 0 Å². The highest BCUT2D eigenvalue weighted by atomic mass is 16.2. The number of fused-ring (bicyclic) bond motifs is 2. The minimum Gasteiger partial charge on any atom is -0.347 e. The number of carbonyl (C=O) groups is 2. The maximum absolute atomic E-state index is 12.6. The van der Waals surface area contributed by atoms with Crippen LogP contribution in [0.1, 0.15) is 33.7 Å². The second-order valence-corrected chi connectivity index (χ2v) is 6.11. The summed E-state index contributed by atoms with van der Waals surface area (Å²) >= 11 is 0. The largest absolute Gasteiger partial charge is 0.347 e. The fourth-order valence-corrected chi connectivity index (χ4v) is 3.24. The van der Waals surface area contributed by atoms with E-state index >= 15 is 0 Å². The average Bonchev–Trinajstić information content (AvgIpc) is 3.02. The van der Waals surface area contributed by atoms with E-state index in [1.807, 2.05) is 17.9 Å². The van der Waals surface area contributed by atoms with Gasteiger partial charge in [0.15, 0.2) is 0 Å². The van der Waals surface area contributed by atoms with Crippen LogP contribution in [-0.2, 0) is 26.6 Å². The zero-order valence-corrected chi connectivity index (χ0v) is 13.4. The molecule has 2 aromatic heterocycles. The number of nitrogens with one attached hydrogen (secondary N) is 2. The summed E-state index contributed by atoms with van der Waals surface area (Å²) < 4.78 is 1.88. The quantitative estimate of drug-likeness (QED) is 0.819. The van der Waals surface area contributed by atoms with E-state index in [0.29, 0.717) is 31.0 Å². The van der Waals surface area contributed by atoms with E-state index in [-0.39, 0.29) is 11.9 Å². The zero-order chi connectivity index (χ0) is 16.7. The van der Waals surface area contributed by atoms with Gasteiger partial charge in [0.1, 0.15) is 5.69 Å². The molecule has 0 radical (unpaired) electrons. The molecule has 0 saturated carbocycles. The lowest BCUT2D eigenvalue weighted by molar-refractivity contribution is 0.0961. The summed E-state index contributed by atoms with van der Waals surface area (Å²) in [5.74, 6) is -0.167. The number of nitrogens with zero attached hydrogens (tertiary/aromatic N) is 4. The highest BCUT2D eigenvalue weighted by Gasteiger charge is 2.23. The van der Waals surface area contributed by atoms with Crippen LogP contribution < -0.4 is 10.6 Å². The van der Waals surface area contributed by atoms with Gasteiger partial charge in [0.25, 0.3) is 5.91 Å². The highest BCUT2D eigenvalue weighted by Crippen LogP contribution is 2.20. The number of rotatable bonds is 1. The van der Waals surface area contributed by atoms with Crippen molar-refractivity contribution < 1.29 is 9.59 Å². The fourth-order valence-electron chi connectivity index (χ4n) is 3.24. The third-order valence-corrected chi connectivity index (χ3v) is 4.51. The van der Waals surface area contributed by atoms with Gasteiger partial charge in [-0.05, 0) is 18.9 Å². The van der Waals surface area contributed by atoms with Crippen molar-refractivity contribution in [2.24, 2.45) is 7.05 Å². The number of aromatic nitrogens is 3. The molecule has 3 amide bonds. The first-order valence-corrected chi connectivity index (χ1v) is 7.94. The van der Waals surface area contributed by atoms with E-state index in [2.05, 4.69) is 20.7 Å². The summed E-state index contributed by atoms with van der Waals surface area (Å²) in [4.78, 5) is 30.0. The third kappa shape index (κ3) is 2.49. The van der Waals surface area contributed by atoms with Crippen molar-refractivity contribution >= 4 is 17.6 Å². The van der Waals surface area contributed by atoms with Crippen molar-refractivity contribution in [3.63, 3.8) is 0 Å². The molecule has 24 heavy (non-hydrogen) atoms. The number of aryl methyl sites for hydroxylation is 1. The fraction of sp³-hybridized carbons (Fsp3) is 0.375. The molecular weight excluding hydrogens is 308 g/mol. The van der Waals surface area contributed by atoms with Gasteiger partial charge in [-0.1, -0.05) is 0 Å². The lowest BCUT2D eigenvalue weighted by atomic mass is 10.2.